The van der Waals surface area contributed by atoms with E-state index in [1.807, 2.05) is 0 Å². The van der Waals surface area contributed by atoms with E-state index in [0.717, 1.165) is 37.1 Å². The van der Waals surface area contributed by atoms with Crippen LogP contribution < -0.4 is 26.4 Å². The molecule has 5 N–H and O–H groups in total. The number of nitrogens with two attached hydrogens (primary N) is 1. The largest absolute Gasteiger partial charge is 0.573 e. The Labute approximate surface area is 210 Å². The number of nitrogens with zero attached hydrogens (tertiary/aromatic N) is 2. The maximum Gasteiger partial charge on any atom is 0.573 e. The minimum Gasteiger partial charge on any atom is -0.406 e. The Hall–Kier alpha value is -4.19. The number of rotatable bonds is 7. The first-order valence-electron chi connectivity index (χ1n) is 11.6. The van der Waals surface area contributed by atoms with Gasteiger partial charge in [-0.15, -0.1) is 13.2 Å². The molecule has 0 saturated carbocycles. The average molecular weight is 515 g/mol. The van der Waals surface area contributed by atoms with Gasteiger partial charge in [0.1, 0.15) is 5.75 Å². The molecule has 0 spiro atoms. The topological polar surface area (TPSA) is 131 Å². The highest BCUT2D eigenvalue weighted by molar-refractivity contribution is 5.97. The highest BCUT2D eigenvalue weighted by Crippen LogP contribution is 2.23. The molecule has 3 aromatic rings. The van der Waals surface area contributed by atoms with E-state index in [9.17, 15) is 22.8 Å². The lowest BCUT2D eigenvalue weighted by Crippen LogP contribution is -2.46. The van der Waals surface area contributed by atoms with E-state index in [-0.39, 0.29) is 29.7 Å². The summed E-state index contributed by atoms with van der Waals surface area (Å²) >= 11 is 0. The first-order chi connectivity index (χ1) is 17.7. The summed E-state index contributed by atoms with van der Waals surface area (Å²) in [6.45, 7) is 1.75. The summed E-state index contributed by atoms with van der Waals surface area (Å²) in [5.74, 6) is -1.24. The van der Waals surface area contributed by atoms with Gasteiger partial charge >= 0.3 is 6.36 Å². The molecular weight excluding hydrogens is 489 g/mol. The SMILES string of the molecule is Nc1ncc(-c2cccc(CNC(=O)c3ccc(OC(F)(F)F)cc3)c2)nc1C(=O)N[C@H]1CCCNC1. The van der Waals surface area contributed by atoms with Crippen molar-refractivity contribution in [3.05, 3.63) is 71.5 Å². The van der Waals surface area contributed by atoms with Crippen molar-refractivity contribution in [3.63, 3.8) is 0 Å². The maximum absolute atomic E-state index is 12.8. The summed E-state index contributed by atoms with van der Waals surface area (Å²) in [6, 6.07) is 11.8. The third-order valence-electron chi connectivity index (χ3n) is 5.67. The predicted molar refractivity (Wildman–Crippen MR) is 130 cm³/mol. The van der Waals surface area contributed by atoms with Gasteiger partial charge in [0.25, 0.3) is 11.8 Å². The fourth-order valence-electron chi connectivity index (χ4n) is 3.87. The Kier molecular flexibility index (Phi) is 7.87. The predicted octanol–water partition coefficient (Wildman–Crippen LogP) is 3.04. The van der Waals surface area contributed by atoms with Crippen molar-refractivity contribution in [1.29, 1.82) is 0 Å². The number of alkyl halides is 3. The number of hydrogen-bond donors (Lipinski definition) is 4. The summed E-state index contributed by atoms with van der Waals surface area (Å²) in [5.41, 5.74) is 7.98. The van der Waals surface area contributed by atoms with Crippen LogP contribution in [-0.2, 0) is 6.54 Å². The van der Waals surface area contributed by atoms with E-state index in [2.05, 4.69) is 30.7 Å². The zero-order valence-corrected chi connectivity index (χ0v) is 19.6. The molecule has 2 heterocycles. The molecule has 1 atom stereocenters. The van der Waals surface area contributed by atoms with Crippen LogP contribution in [0.1, 0.15) is 39.3 Å². The van der Waals surface area contributed by atoms with Gasteiger partial charge in [-0.05, 0) is 55.3 Å². The van der Waals surface area contributed by atoms with Gasteiger partial charge < -0.3 is 26.4 Å². The van der Waals surface area contributed by atoms with E-state index < -0.39 is 23.9 Å². The number of aromatic nitrogens is 2. The zero-order chi connectivity index (χ0) is 26.4. The van der Waals surface area contributed by atoms with Crippen LogP contribution in [0.5, 0.6) is 5.75 Å². The number of nitrogens with one attached hydrogen (secondary N) is 3. The van der Waals surface area contributed by atoms with Gasteiger partial charge in [-0.2, -0.15) is 0 Å². The van der Waals surface area contributed by atoms with Crippen LogP contribution in [0.25, 0.3) is 11.3 Å². The monoisotopic (exact) mass is 514 g/mol. The number of carbonyl (C=O) groups is 2. The molecule has 1 saturated heterocycles. The van der Waals surface area contributed by atoms with Crippen molar-refractivity contribution >= 4 is 17.6 Å². The summed E-state index contributed by atoms with van der Waals surface area (Å²) in [5, 5.41) is 8.88. The van der Waals surface area contributed by atoms with E-state index in [1.54, 1.807) is 24.3 Å². The molecule has 12 heteroatoms. The number of halogens is 3. The molecule has 1 aromatic heterocycles. The summed E-state index contributed by atoms with van der Waals surface area (Å²) in [4.78, 5) is 33.7. The molecule has 0 aliphatic carbocycles. The Bertz CT molecular complexity index is 1260. The Morgan fingerprint density at radius 1 is 1.14 bits per heavy atom. The Morgan fingerprint density at radius 3 is 2.62 bits per heavy atom. The molecule has 1 fully saturated rings. The van der Waals surface area contributed by atoms with Crippen molar-refractivity contribution in [2.45, 2.75) is 31.8 Å². The highest BCUT2D eigenvalue weighted by atomic mass is 19.4. The molecule has 4 rings (SSSR count). The maximum atomic E-state index is 12.8. The van der Waals surface area contributed by atoms with E-state index in [0.29, 0.717) is 17.8 Å². The number of anilines is 1. The molecule has 0 radical (unpaired) electrons. The minimum atomic E-state index is -4.80. The first kappa shape index (κ1) is 25.9. The fourth-order valence-corrected chi connectivity index (χ4v) is 3.87. The number of amides is 2. The molecule has 194 valence electrons. The molecule has 1 aliphatic rings. The van der Waals surface area contributed by atoms with Crippen LogP contribution in [0.4, 0.5) is 19.0 Å². The van der Waals surface area contributed by atoms with Crippen molar-refractivity contribution < 1.29 is 27.5 Å². The molecule has 1 aliphatic heterocycles. The van der Waals surface area contributed by atoms with Gasteiger partial charge in [-0.1, -0.05) is 18.2 Å². The van der Waals surface area contributed by atoms with Gasteiger partial charge in [0.2, 0.25) is 0 Å². The standard InChI is InChI=1S/C25H25F3N6O3/c26-25(27,28)37-19-8-6-16(7-9-19)23(35)32-12-15-3-1-4-17(11-15)20-14-31-22(29)21(34-20)24(36)33-18-5-2-10-30-13-18/h1,3-4,6-9,11,14,18,30H,2,5,10,12-13H2,(H2,29,31)(H,32,35)(H,33,36)/t18-/m0/s1. The number of carbonyl (C=O) groups excluding carboxylic acids is 2. The lowest BCUT2D eigenvalue weighted by Gasteiger charge is -2.23. The second-order valence-corrected chi connectivity index (χ2v) is 8.46. The third kappa shape index (κ3) is 7.17. The fraction of sp³-hybridized carbons (Fsp3) is 0.280. The van der Waals surface area contributed by atoms with Crippen molar-refractivity contribution in [2.75, 3.05) is 18.8 Å². The molecule has 9 nitrogen and oxygen atoms in total. The summed E-state index contributed by atoms with van der Waals surface area (Å²) in [6.07, 6.45) is -1.50. The normalized spacial score (nSPS) is 15.6. The molecule has 2 amide bonds. The van der Waals surface area contributed by atoms with Crippen LogP contribution >= 0.6 is 0 Å². The third-order valence-corrected chi connectivity index (χ3v) is 5.67. The first-order valence-corrected chi connectivity index (χ1v) is 11.6. The molecule has 2 aromatic carbocycles. The molecule has 0 unspecified atom stereocenters. The summed E-state index contributed by atoms with van der Waals surface area (Å²) < 4.78 is 40.7. The number of hydrogen-bond acceptors (Lipinski definition) is 7. The van der Waals surface area contributed by atoms with E-state index in [1.165, 1.54) is 18.3 Å². The van der Waals surface area contributed by atoms with Gasteiger partial charge in [0, 0.05) is 30.3 Å². The summed E-state index contributed by atoms with van der Waals surface area (Å²) in [7, 11) is 0. The van der Waals surface area contributed by atoms with Crippen LogP contribution in [0.2, 0.25) is 0 Å². The van der Waals surface area contributed by atoms with Crippen LogP contribution in [-0.4, -0.2) is 47.3 Å². The van der Waals surface area contributed by atoms with Crippen molar-refractivity contribution in [3.8, 4) is 17.0 Å². The van der Waals surface area contributed by atoms with E-state index in [4.69, 9.17) is 5.73 Å². The van der Waals surface area contributed by atoms with Crippen LogP contribution in [0.15, 0.2) is 54.7 Å². The number of piperidine rings is 1. The Balaban J connectivity index is 1.41. The van der Waals surface area contributed by atoms with Gasteiger partial charge in [0.05, 0.1) is 11.9 Å². The van der Waals surface area contributed by atoms with Gasteiger partial charge in [-0.25, -0.2) is 9.97 Å². The van der Waals surface area contributed by atoms with Gasteiger partial charge in [0.15, 0.2) is 11.5 Å². The number of nitrogen functional groups attached to an aromatic ring is 1. The van der Waals surface area contributed by atoms with Gasteiger partial charge in [-0.3, -0.25) is 9.59 Å². The zero-order valence-electron chi connectivity index (χ0n) is 19.6. The second kappa shape index (κ2) is 11.2. The average Bonchev–Trinajstić information content (AvgIpc) is 2.88. The van der Waals surface area contributed by atoms with Crippen LogP contribution in [0, 0.1) is 0 Å². The molecule has 0 bridgehead atoms. The molecular formula is C25H25F3N6O3. The molecule has 37 heavy (non-hydrogen) atoms. The van der Waals surface area contributed by atoms with Crippen molar-refractivity contribution in [1.82, 2.24) is 25.9 Å². The van der Waals surface area contributed by atoms with Crippen LogP contribution in [0.3, 0.4) is 0 Å². The Morgan fingerprint density at radius 2 is 1.92 bits per heavy atom. The lowest BCUT2D eigenvalue weighted by molar-refractivity contribution is -0.274. The second-order valence-electron chi connectivity index (χ2n) is 8.46. The number of benzene rings is 2. The number of ether oxygens (including phenoxy) is 1. The van der Waals surface area contributed by atoms with Crippen molar-refractivity contribution in [2.24, 2.45) is 0 Å². The minimum absolute atomic E-state index is 0.00795. The quantitative estimate of drug-likeness (QED) is 0.381. The van der Waals surface area contributed by atoms with E-state index >= 15 is 0 Å². The highest BCUT2D eigenvalue weighted by Gasteiger charge is 2.31. The lowest BCUT2D eigenvalue weighted by atomic mass is 10.1. The smallest absolute Gasteiger partial charge is 0.406 e.